The van der Waals surface area contributed by atoms with Crippen LogP contribution in [0.15, 0.2) is 24.3 Å². The lowest BCUT2D eigenvalue weighted by molar-refractivity contribution is -0.175. The number of carbonyl (C=O) groups is 2. The Morgan fingerprint density at radius 1 is 1.17 bits per heavy atom. The van der Waals surface area contributed by atoms with Gasteiger partial charge in [-0.1, -0.05) is 29.8 Å². The van der Waals surface area contributed by atoms with E-state index in [-0.39, 0.29) is 6.61 Å². The van der Waals surface area contributed by atoms with E-state index in [9.17, 15) is 9.59 Å². The molecule has 0 spiro atoms. The van der Waals surface area contributed by atoms with Crippen molar-refractivity contribution in [2.75, 3.05) is 0 Å². The van der Waals surface area contributed by atoms with Crippen LogP contribution in [0, 0.1) is 0 Å². The van der Waals surface area contributed by atoms with E-state index in [2.05, 4.69) is 0 Å². The van der Waals surface area contributed by atoms with E-state index in [0.29, 0.717) is 10.6 Å². The molecule has 0 aliphatic heterocycles. The lowest BCUT2D eigenvalue weighted by Gasteiger charge is -2.18. The summed E-state index contributed by atoms with van der Waals surface area (Å²) in [6.07, 6.45) is 0. The van der Waals surface area contributed by atoms with Gasteiger partial charge in [0.15, 0.2) is 0 Å². The SMILES string of the molecule is CC(C)(C)OC(=O)C(=O)OCc1ccccc1Cl. The van der Waals surface area contributed by atoms with Gasteiger partial charge in [0.2, 0.25) is 0 Å². The first kappa shape index (κ1) is 14.5. The lowest BCUT2D eigenvalue weighted by Crippen LogP contribution is -2.30. The average molecular weight is 271 g/mol. The van der Waals surface area contributed by atoms with Crippen LogP contribution in [-0.4, -0.2) is 17.5 Å². The highest BCUT2D eigenvalue weighted by molar-refractivity contribution is 6.31. The molecular weight excluding hydrogens is 256 g/mol. The predicted octanol–water partition coefficient (Wildman–Crippen LogP) is 2.72. The van der Waals surface area contributed by atoms with E-state index >= 15 is 0 Å². The standard InChI is InChI=1S/C13H15ClO4/c1-13(2,3)18-12(16)11(15)17-8-9-6-4-5-7-10(9)14/h4-7H,8H2,1-3H3. The van der Waals surface area contributed by atoms with E-state index < -0.39 is 17.5 Å². The van der Waals surface area contributed by atoms with Crippen LogP contribution in [-0.2, 0) is 25.7 Å². The first-order chi connectivity index (χ1) is 8.29. The molecule has 0 N–H and O–H groups in total. The molecule has 4 nitrogen and oxygen atoms in total. The van der Waals surface area contributed by atoms with Crippen LogP contribution in [0.4, 0.5) is 0 Å². The molecule has 0 heterocycles. The van der Waals surface area contributed by atoms with Crippen molar-refractivity contribution >= 4 is 23.5 Å². The second-order valence-electron chi connectivity index (χ2n) is 4.67. The van der Waals surface area contributed by atoms with Gasteiger partial charge in [0.25, 0.3) is 0 Å². The largest absolute Gasteiger partial charge is 0.452 e. The Labute approximate surface area is 111 Å². The van der Waals surface area contributed by atoms with Gasteiger partial charge in [-0.3, -0.25) is 0 Å². The van der Waals surface area contributed by atoms with Crippen LogP contribution in [0.1, 0.15) is 26.3 Å². The van der Waals surface area contributed by atoms with Crippen molar-refractivity contribution in [2.24, 2.45) is 0 Å². The fourth-order valence-corrected chi connectivity index (χ4v) is 1.33. The molecule has 0 unspecified atom stereocenters. The van der Waals surface area contributed by atoms with Gasteiger partial charge >= 0.3 is 11.9 Å². The minimum atomic E-state index is -1.02. The van der Waals surface area contributed by atoms with Crippen molar-refractivity contribution in [3.63, 3.8) is 0 Å². The van der Waals surface area contributed by atoms with Gasteiger partial charge < -0.3 is 9.47 Å². The maximum Gasteiger partial charge on any atom is 0.418 e. The summed E-state index contributed by atoms with van der Waals surface area (Å²) in [5.41, 5.74) is -0.0865. The van der Waals surface area contributed by atoms with Gasteiger partial charge in [0.05, 0.1) is 0 Å². The van der Waals surface area contributed by atoms with Gasteiger partial charge in [-0.05, 0) is 26.8 Å². The Morgan fingerprint density at radius 3 is 2.33 bits per heavy atom. The van der Waals surface area contributed by atoms with E-state index in [0.717, 1.165) is 0 Å². The monoisotopic (exact) mass is 270 g/mol. The third-order valence-corrected chi connectivity index (χ3v) is 2.25. The van der Waals surface area contributed by atoms with Gasteiger partial charge in [0.1, 0.15) is 12.2 Å². The molecule has 0 aliphatic carbocycles. The zero-order valence-corrected chi connectivity index (χ0v) is 11.3. The smallest absolute Gasteiger partial charge is 0.418 e. The zero-order valence-electron chi connectivity index (χ0n) is 10.5. The molecule has 0 atom stereocenters. The van der Waals surface area contributed by atoms with Crippen LogP contribution in [0.5, 0.6) is 0 Å². The minimum absolute atomic E-state index is 0.0578. The summed E-state index contributed by atoms with van der Waals surface area (Å²) in [6, 6.07) is 6.92. The predicted molar refractivity (Wildman–Crippen MR) is 67.1 cm³/mol. The molecule has 98 valence electrons. The molecule has 0 radical (unpaired) electrons. The lowest BCUT2D eigenvalue weighted by atomic mass is 10.2. The Kier molecular flexibility index (Phi) is 4.73. The molecule has 1 rings (SSSR count). The number of esters is 2. The highest BCUT2D eigenvalue weighted by Gasteiger charge is 2.24. The quantitative estimate of drug-likeness (QED) is 0.612. The Morgan fingerprint density at radius 2 is 1.78 bits per heavy atom. The van der Waals surface area contributed by atoms with Gasteiger partial charge in [-0.25, -0.2) is 9.59 Å². The molecule has 0 fully saturated rings. The van der Waals surface area contributed by atoms with Crippen LogP contribution >= 0.6 is 11.6 Å². The molecule has 0 amide bonds. The normalized spacial score (nSPS) is 10.9. The van der Waals surface area contributed by atoms with Crippen molar-refractivity contribution < 1.29 is 19.1 Å². The van der Waals surface area contributed by atoms with Gasteiger partial charge in [-0.2, -0.15) is 0 Å². The second kappa shape index (κ2) is 5.87. The van der Waals surface area contributed by atoms with E-state index in [1.54, 1.807) is 45.0 Å². The summed E-state index contributed by atoms with van der Waals surface area (Å²) in [4.78, 5) is 22.7. The van der Waals surface area contributed by atoms with E-state index in [1.807, 2.05) is 0 Å². The fourth-order valence-electron chi connectivity index (χ4n) is 1.14. The molecule has 0 aliphatic rings. The van der Waals surface area contributed by atoms with E-state index in [1.165, 1.54) is 0 Å². The molecule has 1 aromatic rings. The van der Waals surface area contributed by atoms with Crippen molar-refractivity contribution in [1.82, 2.24) is 0 Å². The summed E-state index contributed by atoms with van der Waals surface area (Å²) in [5, 5.41) is 0.481. The fraction of sp³-hybridized carbons (Fsp3) is 0.385. The van der Waals surface area contributed by atoms with Crippen molar-refractivity contribution in [2.45, 2.75) is 33.0 Å². The summed E-state index contributed by atoms with van der Waals surface area (Å²) >= 11 is 5.89. The minimum Gasteiger partial charge on any atom is -0.452 e. The Bertz CT molecular complexity index is 449. The van der Waals surface area contributed by atoms with Gasteiger partial charge in [0, 0.05) is 10.6 Å². The van der Waals surface area contributed by atoms with Crippen LogP contribution < -0.4 is 0 Å². The topological polar surface area (TPSA) is 52.6 Å². The molecule has 0 saturated heterocycles. The van der Waals surface area contributed by atoms with Crippen LogP contribution in [0.2, 0.25) is 5.02 Å². The van der Waals surface area contributed by atoms with Gasteiger partial charge in [-0.15, -0.1) is 0 Å². The third kappa shape index (κ3) is 4.75. The second-order valence-corrected chi connectivity index (χ2v) is 5.08. The zero-order chi connectivity index (χ0) is 13.8. The number of hydrogen-bond acceptors (Lipinski definition) is 4. The third-order valence-electron chi connectivity index (χ3n) is 1.88. The molecule has 5 heteroatoms. The van der Waals surface area contributed by atoms with Crippen molar-refractivity contribution in [3.05, 3.63) is 34.9 Å². The number of carbonyl (C=O) groups excluding carboxylic acids is 2. The summed E-state index contributed by atoms with van der Waals surface area (Å²) in [7, 11) is 0. The maximum absolute atomic E-state index is 11.4. The maximum atomic E-state index is 11.4. The number of hydrogen-bond donors (Lipinski definition) is 0. The van der Waals surface area contributed by atoms with Crippen molar-refractivity contribution in [3.8, 4) is 0 Å². The molecule has 1 aromatic carbocycles. The van der Waals surface area contributed by atoms with Crippen molar-refractivity contribution in [1.29, 1.82) is 0 Å². The molecule has 0 saturated carbocycles. The highest BCUT2D eigenvalue weighted by Crippen LogP contribution is 2.16. The molecule has 0 aromatic heterocycles. The Balaban J connectivity index is 2.52. The highest BCUT2D eigenvalue weighted by atomic mass is 35.5. The van der Waals surface area contributed by atoms with Crippen LogP contribution in [0.25, 0.3) is 0 Å². The molecule has 18 heavy (non-hydrogen) atoms. The van der Waals surface area contributed by atoms with Crippen LogP contribution in [0.3, 0.4) is 0 Å². The number of benzene rings is 1. The number of ether oxygens (including phenoxy) is 2. The number of rotatable bonds is 2. The summed E-state index contributed by atoms with van der Waals surface area (Å²) < 4.78 is 9.69. The Hall–Kier alpha value is -1.55. The first-order valence-corrected chi connectivity index (χ1v) is 5.81. The first-order valence-electron chi connectivity index (χ1n) is 5.43. The summed E-state index contributed by atoms with van der Waals surface area (Å²) in [5.74, 6) is -2.03. The molecule has 0 bridgehead atoms. The van der Waals surface area contributed by atoms with E-state index in [4.69, 9.17) is 21.1 Å². The average Bonchev–Trinajstić information content (AvgIpc) is 2.25. The number of halogens is 1. The molecular formula is C13H15ClO4. The summed E-state index contributed by atoms with van der Waals surface area (Å²) in [6.45, 7) is 4.96.